The van der Waals surface area contributed by atoms with Crippen LogP contribution in [0.2, 0.25) is 5.02 Å². The predicted octanol–water partition coefficient (Wildman–Crippen LogP) is 2.58. The zero-order valence-electron chi connectivity index (χ0n) is 9.91. The van der Waals surface area contributed by atoms with E-state index in [1.165, 1.54) is 10.7 Å². The normalized spacial score (nSPS) is 11.3. The number of methoxy groups -OCH3 is 1. The molecule has 0 atom stereocenters. The molecule has 7 heteroatoms. The van der Waals surface area contributed by atoms with Crippen LogP contribution in [-0.4, -0.2) is 21.7 Å². The molecule has 0 aliphatic rings. The molecule has 0 saturated heterocycles. The molecule has 0 bridgehead atoms. The highest BCUT2D eigenvalue weighted by atomic mass is 35.5. The third-order valence-corrected chi connectivity index (χ3v) is 3.52. The standard InChI is InChI=1S/C12H9Cl2N3O2/c1-19-10-3-9-8(2-6(10)4-13)16-12(18)11-7(14)5-15-17(9)11/h2-3,5H,4H2,1H3,(H,16,18). The summed E-state index contributed by atoms with van der Waals surface area (Å²) in [6, 6.07) is 3.55. The Kier molecular flexibility index (Phi) is 2.88. The monoisotopic (exact) mass is 297 g/mol. The zero-order chi connectivity index (χ0) is 13.6. The second-order valence-electron chi connectivity index (χ2n) is 4.02. The van der Waals surface area contributed by atoms with E-state index in [1.54, 1.807) is 19.2 Å². The van der Waals surface area contributed by atoms with Crippen molar-refractivity contribution in [1.82, 2.24) is 14.6 Å². The van der Waals surface area contributed by atoms with Crippen molar-refractivity contribution in [1.29, 1.82) is 0 Å². The van der Waals surface area contributed by atoms with Crippen LogP contribution in [0.1, 0.15) is 5.56 Å². The van der Waals surface area contributed by atoms with E-state index in [0.29, 0.717) is 33.2 Å². The Hall–Kier alpha value is -1.72. The molecule has 0 spiro atoms. The molecule has 2 heterocycles. The fraction of sp³-hybridized carbons (Fsp3) is 0.167. The zero-order valence-corrected chi connectivity index (χ0v) is 11.4. The number of aromatic amines is 1. The van der Waals surface area contributed by atoms with E-state index in [2.05, 4.69) is 10.1 Å². The van der Waals surface area contributed by atoms with Crippen LogP contribution in [0.4, 0.5) is 0 Å². The Labute approximate surface area is 117 Å². The average molecular weight is 298 g/mol. The van der Waals surface area contributed by atoms with Gasteiger partial charge in [-0.15, -0.1) is 11.6 Å². The number of alkyl halides is 1. The first-order valence-corrected chi connectivity index (χ1v) is 6.39. The van der Waals surface area contributed by atoms with Gasteiger partial charge in [-0.1, -0.05) is 11.6 Å². The van der Waals surface area contributed by atoms with Crippen LogP contribution in [0.25, 0.3) is 16.6 Å². The van der Waals surface area contributed by atoms with Crippen LogP contribution in [0.3, 0.4) is 0 Å². The number of ether oxygens (including phenoxy) is 1. The van der Waals surface area contributed by atoms with E-state index >= 15 is 0 Å². The van der Waals surface area contributed by atoms with Crippen LogP contribution in [0.5, 0.6) is 5.75 Å². The molecule has 19 heavy (non-hydrogen) atoms. The molecule has 0 amide bonds. The lowest BCUT2D eigenvalue weighted by Gasteiger charge is -2.09. The third-order valence-electron chi connectivity index (χ3n) is 2.96. The van der Waals surface area contributed by atoms with Gasteiger partial charge in [0.15, 0.2) is 5.52 Å². The summed E-state index contributed by atoms with van der Waals surface area (Å²) in [5.41, 5.74) is 2.15. The molecule has 2 aromatic heterocycles. The molecular formula is C12H9Cl2N3O2. The smallest absolute Gasteiger partial charge is 0.276 e. The fourth-order valence-corrected chi connectivity index (χ4v) is 2.50. The molecular weight excluding hydrogens is 289 g/mol. The minimum Gasteiger partial charge on any atom is -0.496 e. The summed E-state index contributed by atoms with van der Waals surface area (Å²) in [5, 5.41) is 4.42. The predicted molar refractivity (Wildman–Crippen MR) is 74.4 cm³/mol. The van der Waals surface area contributed by atoms with Gasteiger partial charge >= 0.3 is 0 Å². The molecule has 0 unspecified atom stereocenters. The van der Waals surface area contributed by atoms with Gasteiger partial charge in [0.05, 0.1) is 35.2 Å². The first kappa shape index (κ1) is 12.3. The summed E-state index contributed by atoms with van der Waals surface area (Å²) < 4.78 is 6.78. The van der Waals surface area contributed by atoms with Crippen molar-refractivity contribution in [2.75, 3.05) is 7.11 Å². The van der Waals surface area contributed by atoms with Crippen LogP contribution >= 0.6 is 23.2 Å². The second-order valence-corrected chi connectivity index (χ2v) is 4.70. The quantitative estimate of drug-likeness (QED) is 0.740. The van der Waals surface area contributed by atoms with E-state index in [1.807, 2.05) is 0 Å². The minimum atomic E-state index is -0.291. The van der Waals surface area contributed by atoms with Crippen molar-refractivity contribution >= 4 is 39.8 Å². The fourth-order valence-electron chi connectivity index (χ4n) is 2.08. The van der Waals surface area contributed by atoms with Gasteiger partial charge in [-0.05, 0) is 6.07 Å². The van der Waals surface area contributed by atoms with Crippen molar-refractivity contribution in [3.8, 4) is 5.75 Å². The van der Waals surface area contributed by atoms with Gasteiger partial charge in [0, 0.05) is 11.6 Å². The SMILES string of the molecule is COc1cc2c(cc1CCl)[nH]c(=O)c1c(Cl)cnn12. The molecule has 98 valence electrons. The van der Waals surface area contributed by atoms with Gasteiger partial charge in [-0.2, -0.15) is 5.10 Å². The summed E-state index contributed by atoms with van der Waals surface area (Å²) >= 11 is 11.8. The lowest BCUT2D eigenvalue weighted by molar-refractivity contribution is 0.411. The number of H-pyrrole nitrogens is 1. The summed E-state index contributed by atoms with van der Waals surface area (Å²) in [6.45, 7) is 0. The highest BCUT2D eigenvalue weighted by Crippen LogP contribution is 2.27. The summed E-state index contributed by atoms with van der Waals surface area (Å²) in [7, 11) is 1.57. The maximum absolute atomic E-state index is 12.0. The molecule has 0 saturated carbocycles. The third kappa shape index (κ3) is 1.77. The lowest BCUT2D eigenvalue weighted by Crippen LogP contribution is -2.11. The van der Waals surface area contributed by atoms with Crippen molar-refractivity contribution in [2.45, 2.75) is 5.88 Å². The molecule has 0 aliphatic carbocycles. The van der Waals surface area contributed by atoms with Gasteiger partial charge in [0.1, 0.15) is 5.75 Å². The summed E-state index contributed by atoms with van der Waals surface area (Å²) in [5.74, 6) is 0.932. The van der Waals surface area contributed by atoms with Gasteiger partial charge in [0.2, 0.25) is 0 Å². The molecule has 1 N–H and O–H groups in total. The molecule has 3 aromatic rings. The number of hydrogen-bond donors (Lipinski definition) is 1. The van der Waals surface area contributed by atoms with Gasteiger partial charge in [0.25, 0.3) is 5.56 Å². The largest absolute Gasteiger partial charge is 0.496 e. The molecule has 0 fully saturated rings. The Bertz CT molecular complexity index is 838. The van der Waals surface area contributed by atoms with E-state index in [-0.39, 0.29) is 5.56 Å². The van der Waals surface area contributed by atoms with Crippen molar-refractivity contribution in [3.63, 3.8) is 0 Å². The van der Waals surface area contributed by atoms with Crippen LogP contribution in [0.15, 0.2) is 23.1 Å². The van der Waals surface area contributed by atoms with Gasteiger partial charge in [-0.25, -0.2) is 4.52 Å². The molecule has 1 aromatic carbocycles. The minimum absolute atomic E-state index is 0.291. The number of nitrogens with one attached hydrogen (secondary N) is 1. The Morgan fingerprint density at radius 2 is 2.26 bits per heavy atom. The number of aromatic nitrogens is 3. The lowest BCUT2D eigenvalue weighted by atomic mass is 10.2. The number of benzene rings is 1. The maximum Gasteiger partial charge on any atom is 0.276 e. The van der Waals surface area contributed by atoms with Crippen molar-refractivity contribution in [3.05, 3.63) is 39.3 Å². The summed E-state index contributed by atoms with van der Waals surface area (Å²) in [4.78, 5) is 14.7. The highest BCUT2D eigenvalue weighted by Gasteiger charge is 2.13. The van der Waals surface area contributed by atoms with E-state index in [0.717, 1.165) is 5.56 Å². The summed E-state index contributed by atoms with van der Waals surface area (Å²) in [6.07, 6.45) is 1.44. The Balaban J connectivity index is 2.51. The number of fused-ring (bicyclic) bond motifs is 3. The van der Waals surface area contributed by atoms with Crippen LogP contribution < -0.4 is 10.3 Å². The first-order valence-electron chi connectivity index (χ1n) is 5.48. The first-order chi connectivity index (χ1) is 9.15. The Morgan fingerprint density at radius 3 is 2.95 bits per heavy atom. The molecule has 5 nitrogen and oxygen atoms in total. The number of nitrogens with zero attached hydrogens (tertiary/aromatic N) is 2. The number of halogens is 2. The van der Waals surface area contributed by atoms with Crippen LogP contribution in [0, 0.1) is 0 Å². The molecule has 0 aliphatic heterocycles. The molecule has 0 radical (unpaired) electrons. The number of hydrogen-bond acceptors (Lipinski definition) is 3. The topological polar surface area (TPSA) is 59.4 Å². The molecule has 3 rings (SSSR count). The average Bonchev–Trinajstić information content (AvgIpc) is 2.80. The maximum atomic E-state index is 12.0. The van der Waals surface area contributed by atoms with Crippen molar-refractivity contribution in [2.24, 2.45) is 0 Å². The van der Waals surface area contributed by atoms with E-state index in [9.17, 15) is 4.79 Å². The Morgan fingerprint density at radius 1 is 1.47 bits per heavy atom. The highest BCUT2D eigenvalue weighted by molar-refractivity contribution is 6.33. The van der Waals surface area contributed by atoms with E-state index < -0.39 is 0 Å². The van der Waals surface area contributed by atoms with Gasteiger partial charge < -0.3 is 9.72 Å². The van der Waals surface area contributed by atoms with Gasteiger partial charge in [-0.3, -0.25) is 4.79 Å². The number of rotatable bonds is 2. The van der Waals surface area contributed by atoms with Crippen molar-refractivity contribution < 1.29 is 4.74 Å². The van der Waals surface area contributed by atoms with E-state index in [4.69, 9.17) is 27.9 Å². The second kappa shape index (κ2) is 4.43. The van der Waals surface area contributed by atoms with Crippen LogP contribution in [-0.2, 0) is 5.88 Å².